The van der Waals surface area contributed by atoms with Gasteiger partial charge in [-0.1, -0.05) is 23.8 Å². The molecule has 0 radical (unpaired) electrons. The first kappa shape index (κ1) is 20.1. The third-order valence-corrected chi connectivity index (χ3v) is 5.94. The van der Waals surface area contributed by atoms with Crippen LogP contribution in [-0.4, -0.2) is 27.5 Å². The Hall–Kier alpha value is -2.64. The highest BCUT2D eigenvalue weighted by Crippen LogP contribution is 2.22. The number of carbonyl (C=O) groups excluding carboxylic acids is 1. The van der Waals surface area contributed by atoms with Crippen LogP contribution in [0.1, 0.15) is 29.5 Å². The molecule has 0 bridgehead atoms. The van der Waals surface area contributed by atoms with Crippen LogP contribution in [0.15, 0.2) is 53.4 Å². The molecule has 6 nitrogen and oxygen atoms in total. The zero-order valence-corrected chi connectivity index (χ0v) is 16.8. The maximum Gasteiger partial charge on any atom is 0.244 e. The Bertz CT molecular complexity index is 978. The van der Waals surface area contributed by atoms with Crippen molar-refractivity contribution in [2.24, 2.45) is 0 Å². The van der Waals surface area contributed by atoms with Gasteiger partial charge in [-0.2, -0.15) is 0 Å². The van der Waals surface area contributed by atoms with E-state index in [0.29, 0.717) is 12.3 Å². The van der Waals surface area contributed by atoms with Crippen LogP contribution in [-0.2, 0) is 21.4 Å². The number of methoxy groups -OCH3 is 1. The molecule has 0 spiro atoms. The predicted octanol–water partition coefficient (Wildman–Crippen LogP) is 2.77. The van der Waals surface area contributed by atoms with E-state index in [2.05, 4.69) is 10.0 Å². The van der Waals surface area contributed by atoms with Crippen LogP contribution in [0, 0.1) is 6.92 Å². The highest BCUT2D eigenvalue weighted by Gasteiger charge is 2.27. The zero-order valence-electron chi connectivity index (χ0n) is 15.9. The monoisotopic (exact) mass is 400 g/mol. The second-order valence-electron chi connectivity index (χ2n) is 6.84. The summed E-state index contributed by atoms with van der Waals surface area (Å²) < 4.78 is 32.2. The number of ether oxygens (including phenoxy) is 1. The highest BCUT2D eigenvalue weighted by molar-refractivity contribution is 7.89. The normalized spacial score (nSPS) is 14.2. The van der Waals surface area contributed by atoms with Gasteiger partial charge < -0.3 is 10.1 Å². The predicted molar refractivity (Wildman–Crippen MR) is 108 cm³/mol. The van der Waals surface area contributed by atoms with Gasteiger partial charge in [-0.15, -0.1) is 0 Å². The van der Waals surface area contributed by atoms with Crippen molar-refractivity contribution >= 4 is 22.0 Å². The maximum absolute atomic E-state index is 12.2. The van der Waals surface area contributed by atoms with E-state index >= 15 is 0 Å². The van der Waals surface area contributed by atoms with Crippen LogP contribution in [0.4, 0.5) is 0 Å². The van der Waals surface area contributed by atoms with Gasteiger partial charge in [-0.05, 0) is 55.7 Å². The first-order chi connectivity index (χ1) is 13.4. The molecule has 7 heteroatoms. The number of carbonyl (C=O) groups is 1. The average molecular weight is 401 g/mol. The Morgan fingerprint density at radius 2 is 1.89 bits per heavy atom. The number of rotatable bonds is 8. The molecule has 2 aromatic rings. The Balaban J connectivity index is 1.56. The van der Waals surface area contributed by atoms with Crippen molar-refractivity contribution in [3.05, 3.63) is 65.2 Å². The molecule has 28 heavy (non-hydrogen) atoms. The molecule has 148 valence electrons. The van der Waals surface area contributed by atoms with E-state index in [1.54, 1.807) is 37.5 Å². The maximum atomic E-state index is 12.2. The number of amides is 1. The van der Waals surface area contributed by atoms with Crippen LogP contribution >= 0.6 is 0 Å². The zero-order chi connectivity index (χ0) is 20.1. The second kappa shape index (κ2) is 8.58. The number of hydrogen-bond donors (Lipinski definition) is 2. The summed E-state index contributed by atoms with van der Waals surface area (Å²) in [5, 5.41) is 2.79. The molecule has 2 N–H and O–H groups in total. The lowest BCUT2D eigenvalue weighted by molar-refractivity contribution is -0.116. The minimum atomic E-state index is -3.45. The number of benzene rings is 2. The van der Waals surface area contributed by atoms with Gasteiger partial charge in [-0.25, -0.2) is 13.1 Å². The van der Waals surface area contributed by atoms with Gasteiger partial charge in [0.1, 0.15) is 5.75 Å². The summed E-state index contributed by atoms with van der Waals surface area (Å²) in [7, 11) is -1.87. The first-order valence-corrected chi connectivity index (χ1v) is 10.6. The third kappa shape index (κ3) is 5.43. The SMILES string of the molecule is COc1ccc(C)cc1/C=C/C(=O)NCc1ccc(S(=O)(=O)NC2CC2)cc1. The first-order valence-electron chi connectivity index (χ1n) is 9.09. The fraction of sp³-hybridized carbons (Fsp3) is 0.286. The number of sulfonamides is 1. The molecule has 0 heterocycles. The quantitative estimate of drug-likeness (QED) is 0.668. The van der Waals surface area contributed by atoms with Crippen molar-refractivity contribution in [2.75, 3.05) is 7.11 Å². The van der Waals surface area contributed by atoms with Crippen LogP contribution in [0.3, 0.4) is 0 Å². The molecular formula is C21H24N2O4S. The van der Waals surface area contributed by atoms with E-state index in [4.69, 9.17) is 4.74 Å². The van der Waals surface area contributed by atoms with E-state index in [-0.39, 0.29) is 16.8 Å². The minimum absolute atomic E-state index is 0.0720. The Morgan fingerprint density at radius 3 is 2.54 bits per heavy atom. The van der Waals surface area contributed by atoms with Gasteiger partial charge >= 0.3 is 0 Å². The summed E-state index contributed by atoms with van der Waals surface area (Å²) in [4.78, 5) is 12.3. The molecule has 3 rings (SSSR count). The Labute approximate surface area is 165 Å². The molecule has 0 atom stereocenters. The van der Waals surface area contributed by atoms with E-state index in [9.17, 15) is 13.2 Å². The van der Waals surface area contributed by atoms with Crippen LogP contribution in [0.5, 0.6) is 5.75 Å². The van der Waals surface area contributed by atoms with Gasteiger partial charge in [-0.3, -0.25) is 4.79 Å². The minimum Gasteiger partial charge on any atom is -0.496 e. The van der Waals surface area contributed by atoms with Crippen LogP contribution in [0.2, 0.25) is 0 Å². The molecule has 1 aliphatic rings. The molecule has 1 amide bonds. The van der Waals surface area contributed by atoms with Gasteiger partial charge in [0.25, 0.3) is 0 Å². The Morgan fingerprint density at radius 1 is 1.18 bits per heavy atom. The molecule has 1 saturated carbocycles. The smallest absolute Gasteiger partial charge is 0.244 e. The van der Waals surface area contributed by atoms with E-state index < -0.39 is 10.0 Å². The van der Waals surface area contributed by atoms with Crippen molar-refractivity contribution in [1.29, 1.82) is 0 Å². The van der Waals surface area contributed by atoms with Crippen molar-refractivity contribution in [2.45, 2.75) is 37.2 Å². The molecule has 0 saturated heterocycles. The van der Waals surface area contributed by atoms with Gasteiger partial charge in [0, 0.05) is 24.2 Å². The molecule has 1 fully saturated rings. The summed E-state index contributed by atoms with van der Waals surface area (Å²) in [6, 6.07) is 12.3. The number of nitrogens with one attached hydrogen (secondary N) is 2. The third-order valence-electron chi connectivity index (χ3n) is 4.40. The summed E-state index contributed by atoms with van der Waals surface area (Å²) in [6.07, 6.45) is 4.95. The van der Waals surface area contributed by atoms with Crippen LogP contribution < -0.4 is 14.8 Å². The molecular weight excluding hydrogens is 376 g/mol. The van der Waals surface area contributed by atoms with Gasteiger partial charge in [0.15, 0.2) is 0 Å². The van der Waals surface area contributed by atoms with Crippen LogP contribution in [0.25, 0.3) is 6.08 Å². The molecule has 0 aliphatic heterocycles. The lowest BCUT2D eigenvalue weighted by Crippen LogP contribution is -2.25. The number of hydrogen-bond acceptors (Lipinski definition) is 4. The fourth-order valence-electron chi connectivity index (χ4n) is 2.67. The largest absolute Gasteiger partial charge is 0.496 e. The summed E-state index contributed by atoms with van der Waals surface area (Å²) in [6.45, 7) is 2.28. The van der Waals surface area contributed by atoms with Crippen molar-refractivity contribution in [3.8, 4) is 5.75 Å². The average Bonchev–Trinajstić information content (AvgIpc) is 3.48. The van der Waals surface area contributed by atoms with E-state index in [1.165, 1.54) is 6.08 Å². The number of aryl methyl sites for hydroxylation is 1. The topological polar surface area (TPSA) is 84.5 Å². The standard InChI is InChI=1S/C21H24N2O4S/c1-15-3-11-20(27-2)17(13-15)6-12-21(24)22-14-16-4-9-19(10-5-16)28(25,26)23-18-7-8-18/h3-6,9-13,18,23H,7-8,14H2,1-2H3,(H,22,24)/b12-6+. The van der Waals surface area contributed by atoms with Crippen molar-refractivity contribution < 1.29 is 17.9 Å². The second-order valence-corrected chi connectivity index (χ2v) is 8.55. The summed E-state index contributed by atoms with van der Waals surface area (Å²) in [5.41, 5.74) is 2.72. The highest BCUT2D eigenvalue weighted by atomic mass is 32.2. The lowest BCUT2D eigenvalue weighted by Gasteiger charge is -2.07. The molecule has 0 unspecified atom stereocenters. The van der Waals surface area contributed by atoms with Crippen molar-refractivity contribution in [1.82, 2.24) is 10.0 Å². The molecule has 2 aromatic carbocycles. The lowest BCUT2D eigenvalue weighted by atomic mass is 10.1. The Kier molecular flexibility index (Phi) is 6.16. The molecule has 0 aromatic heterocycles. The van der Waals surface area contributed by atoms with Gasteiger partial charge in [0.2, 0.25) is 15.9 Å². The van der Waals surface area contributed by atoms with Crippen molar-refractivity contribution in [3.63, 3.8) is 0 Å². The summed E-state index contributed by atoms with van der Waals surface area (Å²) in [5.74, 6) is 0.460. The van der Waals surface area contributed by atoms with Gasteiger partial charge in [0.05, 0.1) is 12.0 Å². The fourth-order valence-corrected chi connectivity index (χ4v) is 3.98. The van der Waals surface area contributed by atoms with E-state index in [0.717, 1.165) is 29.5 Å². The summed E-state index contributed by atoms with van der Waals surface area (Å²) >= 11 is 0. The van der Waals surface area contributed by atoms with E-state index in [1.807, 2.05) is 25.1 Å². The molecule has 1 aliphatic carbocycles.